The zero-order valence-corrected chi connectivity index (χ0v) is 10.1. The summed E-state index contributed by atoms with van der Waals surface area (Å²) in [6.07, 6.45) is 0.433. The van der Waals surface area contributed by atoms with Gasteiger partial charge in [-0.1, -0.05) is 6.92 Å². The standard InChI is InChI=1S/C11H20O4/c1-6-8(10(13)14-5)9(12)11(3,4)15-7-2/h8H,6-7H2,1-5H3. The van der Waals surface area contributed by atoms with Crippen molar-refractivity contribution in [2.24, 2.45) is 5.92 Å². The van der Waals surface area contributed by atoms with Gasteiger partial charge in [-0.05, 0) is 27.2 Å². The van der Waals surface area contributed by atoms with Crippen LogP contribution in [0.5, 0.6) is 0 Å². The molecular weight excluding hydrogens is 196 g/mol. The summed E-state index contributed by atoms with van der Waals surface area (Å²) < 4.78 is 9.89. The normalized spacial score (nSPS) is 13.4. The third kappa shape index (κ3) is 3.63. The van der Waals surface area contributed by atoms with Crippen LogP contribution in [0.3, 0.4) is 0 Å². The van der Waals surface area contributed by atoms with E-state index in [0.29, 0.717) is 13.0 Å². The van der Waals surface area contributed by atoms with Crippen molar-refractivity contribution in [3.05, 3.63) is 0 Å². The summed E-state index contributed by atoms with van der Waals surface area (Å²) in [5.41, 5.74) is -0.927. The molecule has 0 aliphatic heterocycles. The molecule has 0 aromatic rings. The lowest BCUT2D eigenvalue weighted by Crippen LogP contribution is -2.42. The van der Waals surface area contributed by atoms with Crippen molar-refractivity contribution in [2.45, 2.75) is 39.7 Å². The van der Waals surface area contributed by atoms with Crippen LogP contribution >= 0.6 is 0 Å². The molecule has 0 aromatic carbocycles. The maximum absolute atomic E-state index is 12.0. The topological polar surface area (TPSA) is 52.6 Å². The minimum atomic E-state index is -0.927. The lowest BCUT2D eigenvalue weighted by molar-refractivity contribution is -0.157. The molecule has 1 unspecified atom stereocenters. The number of rotatable bonds is 6. The van der Waals surface area contributed by atoms with Gasteiger partial charge in [0.2, 0.25) is 0 Å². The number of carbonyl (C=O) groups is 2. The summed E-state index contributed by atoms with van der Waals surface area (Å²) in [6.45, 7) is 7.38. The number of methoxy groups -OCH3 is 1. The molecule has 4 heteroatoms. The first kappa shape index (κ1) is 14.1. The van der Waals surface area contributed by atoms with E-state index in [4.69, 9.17) is 4.74 Å². The monoisotopic (exact) mass is 216 g/mol. The number of hydrogen-bond donors (Lipinski definition) is 0. The molecule has 4 nitrogen and oxygen atoms in total. The molecule has 88 valence electrons. The molecule has 15 heavy (non-hydrogen) atoms. The molecule has 0 aromatic heterocycles. The van der Waals surface area contributed by atoms with Crippen LogP contribution in [0.2, 0.25) is 0 Å². The van der Waals surface area contributed by atoms with Gasteiger partial charge >= 0.3 is 5.97 Å². The van der Waals surface area contributed by atoms with Gasteiger partial charge in [0.05, 0.1) is 7.11 Å². The molecule has 0 N–H and O–H groups in total. The van der Waals surface area contributed by atoms with Crippen molar-refractivity contribution >= 4 is 11.8 Å². The Bertz CT molecular complexity index is 233. The van der Waals surface area contributed by atoms with Crippen LogP contribution in [-0.2, 0) is 19.1 Å². The molecule has 0 heterocycles. The first-order valence-corrected chi connectivity index (χ1v) is 5.16. The summed E-state index contributed by atoms with van der Waals surface area (Å²) in [6, 6.07) is 0. The van der Waals surface area contributed by atoms with Gasteiger partial charge in [-0.25, -0.2) is 0 Å². The summed E-state index contributed by atoms with van der Waals surface area (Å²) in [4.78, 5) is 23.3. The van der Waals surface area contributed by atoms with Crippen molar-refractivity contribution in [3.63, 3.8) is 0 Å². The van der Waals surface area contributed by atoms with Gasteiger partial charge in [0.25, 0.3) is 0 Å². The SMILES string of the molecule is CCOC(C)(C)C(=O)C(CC)C(=O)OC. The van der Waals surface area contributed by atoms with E-state index in [1.54, 1.807) is 20.8 Å². The summed E-state index contributed by atoms with van der Waals surface area (Å²) in [7, 11) is 1.28. The number of Topliss-reactive ketones (excluding diaryl/α,β-unsaturated/α-hetero) is 1. The van der Waals surface area contributed by atoms with Gasteiger partial charge in [-0.2, -0.15) is 0 Å². The molecule has 0 aliphatic carbocycles. The Morgan fingerprint density at radius 1 is 1.27 bits per heavy atom. The van der Waals surface area contributed by atoms with E-state index in [1.807, 2.05) is 6.92 Å². The maximum Gasteiger partial charge on any atom is 0.316 e. The molecule has 0 aliphatic rings. The second-order valence-corrected chi connectivity index (χ2v) is 3.79. The fraction of sp³-hybridized carbons (Fsp3) is 0.818. The molecule has 0 saturated heterocycles. The minimum absolute atomic E-state index is 0.223. The Kier molecular flexibility index (Phi) is 5.50. The van der Waals surface area contributed by atoms with E-state index in [-0.39, 0.29) is 5.78 Å². The van der Waals surface area contributed by atoms with Crippen molar-refractivity contribution in [1.29, 1.82) is 0 Å². The molecule has 0 spiro atoms. The van der Waals surface area contributed by atoms with Gasteiger partial charge < -0.3 is 9.47 Å². The van der Waals surface area contributed by atoms with Gasteiger partial charge in [-0.3, -0.25) is 9.59 Å². The van der Waals surface area contributed by atoms with Crippen LogP contribution in [0.1, 0.15) is 34.1 Å². The minimum Gasteiger partial charge on any atom is -0.468 e. The molecule has 0 amide bonds. The van der Waals surface area contributed by atoms with E-state index in [9.17, 15) is 9.59 Å². The Labute approximate surface area is 90.9 Å². The predicted octanol–water partition coefficient (Wildman–Crippen LogP) is 1.57. The average molecular weight is 216 g/mol. The summed E-state index contributed by atoms with van der Waals surface area (Å²) in [5, 5.41) is 0. The molecule has 0 fully saturated rings. The zero-order valence-electron chi connectivity index (χ0n) is 10.1. The highest BCUT2D eigenvalue weighted by Crippen LogP contribution is 2.19. The Morgan fingerprint density at radius 3 is 2.13 bits per heavy atom. The smallest absolute Gasteiger partial charge is 0.316 e. The van der Waals surface area contributed by atoms with E-state index >= 15 is 0 Å². The van der Waals surface area contributed by atoms with E-state index in [2.05, 4.69) is 4.74 Å². The van der Waals surface area contributed by atoms with Crippen LogP contribution in [0.25, 0.3) is 0 Å². The van der Waals surface area contributed by atoms with Crippen LogP contribution in [0, 0.1) is 5.92 Å². The predicted molar refractivity (Wildman–Crippen MR) is 56.5 cm³/mol. The largest absolute Gasteiger partial charge is 0.468 e. The van der Waals surface area contributed by atoms with Crippen LogP contribution < -0.4 is 0 Å². The lowest BCUT2D eigenvalue weighted by Gasteiger charge is -2.26. The number of carbonyl (C=O) groups excluding carboxylic acids is 2. The third-order valence-electron chi connectivity index (χ3n) is 2.31. The van der Waals surface area contributed by atoms with Crippen LogP contribution in [-0.4, -0.2) is 31.1 Å². The highest BCUT2D eigenvalue weighted by molar-refractivity contribution is 6.02. The van der Waals surface area contributed by atoms with E-state index < -0.39 is 17.5 Å². The molecule has 0 saturated carbocycles. The van der Waals surface area contributed by atoms with Gasteiger partial charge in [0, 0.05) is 6.61 Å². The second kappa shape index (κ2) is 5.85. The van der Waals surface area contributed by atoms with E-state index in [1.165, 1.54) is 7.11 Å². The first-order valence-electron chi connectivity index (χ1n) is 5.16. The van der Waals surface area contributed by atoms with Crippen molar-refractivity contribution < 1.29 is 19.1 Å². The number of ether oxygens (including phenoxy) is 2. The van der Waals surface area contributed by atoms with Crippen LogP contribution in [0.4, 0.5) is 0 Å². The van der Waals surface area contributed by atoms with Crippen LogP contribution in [0.15, 0.2) is 0 Å². The average Bonchev–Trinajstić information content (AvgIpc) is 2.18. The third-order valence-corrected chi connectivity index (χ3v) is 2.31. The Balaban J connectivity index is 4.71. The fourth-order valence-corrected chi connectivity index (χ4v) is 1.45. The van der Waals surface area contributed by atoms with Gasteiger partial charge in [-0.15, -0.1) is 0 Å². The van der Waals surface area contributed by atoms with Crippen molar-refractivity contribution in [2.75, 3.05) is 13.7 Å². The summed E-state index contributed by atoms with van der Waals surface area (Å²) in [5.74, 6) is -1.44. The molecule has 0 bridgehead atoms. The highest BCUT2D eigenvalue weighted by Gasteiger charge is 2.37. The Hall–Kier alpha value is -0.900. The fourth-order valence-electron chi connectivity index (χ4n) is 1.45. The lowest BCUT2D eigenvalue weighted by atomic mass is 9.89. The number of esters is 1. The maximum atomic E-state index is 12.0. The summed E-state index contributed by atoms with van der Waals surface area (Å²) >= 11 is 0. The van der Waals surface area contributed by atoms with Crippen molar-refractivity contribution in [1.82, 2.24) is 0 Å². The molecule has 1 atom stereocenters. The zero-order chi connectivity index (χ0) is 12.1. The quantitative estimate of drug-likeness (QED) is 0.499. The highest BCUT2D eigenvalue weighted by atomic mass is 16.5. The first-order chi connectivity index (χ1) is 6.90. The molecule has 0 radical (unpaired) electrons. The number of hydrogen-bond acceptors (Lipinski definition) is 4. The van der Waals surface area contributed by atoms with Crippen molar-refractivity contribution in [3.8, 4) is 0 Å². The number of ketones is 1. The second-order valence-electron chi connectivity index (χ2n) is 3.79. The van der Waals surface area contributed by atoms with E-state index in [0.717, 1.165) is 0 Å². The van der Waals surface area contributed by atoms with Gasteiger partial charge in [0.15, 0.2) is 5.78 Å². The molecular formula is C11H20O4. The van der Waals surface area contributed by atoms with Gasteiger partial charge in [0.1, 0.15) is 11.5 Å². The molecule has 0 rings (SSSR count). The Morgan fingerprint density at radius 2 is 1.80 bits per heavy atom.